The smallest absolute Gasteiger partial charge is 0.342 e. The summed E-state index contributed by atoms with van der Waals surface area (Å²) in [5.74, 6) is -6.47. The zero-order chi connectivity index (χ0) is 18.4. The topological polar surface area (TPSA) is 133 Å². The van der Waals surface area contributed by atoms with Gasteiger partial charge in [0.25, 0.3) is 0 Å². The van der Waals surface area contributed by atoms with Crippen molar-refractivity contribution in [2.75, 3.05) is 0 Å². The van der Waals surface area contributed by atoms with Gasteiger partial charge in [-0.1, -0.05) is 17.2 Å². The molecule has 5 atom stereocenters. The van der Waals surface area contributed by atoms with E-state index in [0.29, 0.717) is 5.56 Å². The summed E-state index contributed by atoms with van der Waals surface area (Å²) in [5, 5.41) is 21.9. The molecule has 0 bridgehead atoms. The maximum Gasteiger partial charge on any atom is 0.342 e. The van der Waals surface area contributed by atoms with Crippen molar-refractivity contribution in [2.45, 2.75) is 30.3 Å². The quantitative estimate of drug-likeness (QED) is 0.460. The minimum Gasteiger partial charge on any atom is -0.481 e. The minimum atomic E-state index is -2.75. The fourth-order valence-corrected chi connectivity index (χ4v) is 3.75. The van der Waals surface area contributed by atoms with Gasteiger partial charge in [0.15, 0.2) is 5.54 Å². The normalized spacial score (nSPS) is 35.5. The molecule has 8 nitrogen and oxygen atoms in total. The molecule has 0 saturated heterocycles. The number of benzene rings is 1. The third kappa shape index (κ3) is 2.33. The fraction of sp³-hybridized carbons (Fsp3) is 0.467. The Labute approximate surface area is 139 Å². The second-order valence-corrected chi connectivity index (χ2v) is 6.14. The van der Waals surface area contributed by atoms with Crippen LogP contribution in [0.1, 0.15) is 12.0 Å². The number of hydrogen-bond acceptors (Lipinski definition) is 4. The third-order valence-corrected chi connectivity index (χ3v) is 4.96. The number of halogens is 2. The maximum absolute atomic E-state index is 14.5. The number of ether oxygens (including phenoxy) is 1. The molecule has 2 N–H and O–H groups in total. The summed E-state index contributed by atoms with van der Waals surface area (Å²) in [5.41, 5.74) is 4.19. The van der Waals surface area contributed by atoms with E-state index in [2.05, 4.69) is 10.0 Å². The number of carbonyl (C=O) groups is 2. The second-order valence-electron chi connectivity index (χ2n) is 6.14. The average molecular weight is 353 g/mol. The van der Waals surface area contributed by atoms with Crippen LogP contribution in [-0.4, -0.2) is 39.5 Å². The van der Waals surface area contributed by atoms with Gasteiger partial charge in [0.05, 0.1) is 12.7 Å². The Morgan fingerprint density at radius 3 is 2.48 bits per heavy atom. The van der Waals surface area contributed by atoms with E-state index in [4.69, 9.17) is 15.4 Å². The molecule has 1 aromatic rings. The van der Waals surface area contributed by atoms with Gasteiger partial charge in [-0.2, -0.15) is 0 Å². The Bertz CT molecular complexity index is 778. The highest BCUT2D eigenvalue weighted by molar-refractivity contribution is 5.90. The van der Waals surface area contributed by atoms with Gasteiger partial charge in [0.1, 0.15) is 5.82 Å². The zero-order valence-corrected chi connectivity index (χ0v) is 12.7. The van der Waals surface area contributed by atoms with Crippen LogP contribution in [0.5, 0.6) is 0 Å². The number of carboxylic acid groups (broad SMARTS) is 2. The van der Waals surface area contributed by atoms with Gasteiger partial charge in [0.2, 0.25) is 5.67 Å². The minimum absolute atomic E-state index is 0.118. The number of aliphatic carboxylic acids is 2. The first-order chi connectivity index (χ1) is 11.8. The van der Waals surface area contributed by atoms with Crippen LogP contribution >= 0.6 is 0 Å². The Morgan fingerprint density at radius 1 is 1.32 bits per heavy atom. The molecular weight excluding hydrogens is 340 g/mol. The van der Waals surface area contributed by atoms with Crippen molar-refractivity contribution in [3.05, 3.63) is 46.1 Å². The molecule has 0 aliphatic heterocycles. The Kier molecular flexibility index (Phi) is 3.89. The largest absolute Gasteiger partial charge is 0.481 e. The van der Waals surface area contributed by atoms with E-state index in [-0.39, 0.29) is 13.0 Å². The summed E-state index contributed by atoms with van der Waals surface area (Å²) in [4.78, 5) is 25.4. The molecule has 10 heteroatoms. The summed E-state index contributed by atoms with van der Waals surface area (Å²) >= 11 is 0. The lowest BCUT2D eigenvalue weighted by atomic mass is 9.87. The number of nitrogens with zero attached hydrogens (tertiary/aromatic N) is 3. The molecule has 0 unspecified atom stereocenters. The van der Waals surface area contributed by atoms with E-state index in [9.17, 15) is 23.5 Å². The molecule has 0 aromatic heterocycles. The Hall–Kier alpha value is -2.71. The predicted octanol–water partition coefficient (Wildman–Crippen LogP) is 2.29. The van der Waals surface area contributed by atoms with Gasteiger partial charge >= 0.3 is 11.9 Å². The highest BCUT2D eigenvalue weighted by atomic mass is 19.1. The fourth-order valence-electron chi connectivity index (χ4n) is 3.75. The first kappa shape index (κ1) is 17.1. The van der Waals surface area contributed by atoms with E-state index in [0.717, 1.165) is 0 Å². The molecule has 3 rings (SSSR count). The van der Waals surface area contributed by atoms with Crippen LogP contribution in [0.4, 0.5) is 8.78 Å². The first-order valence-electron chi connectivity index (χ1n) is 7.36. The molecule has 25 heavy (non-hydrogen) atoms. The standard InChI is InChI=1S/C15H13F2N3O5/c16-8-3-1-7(2-4-8)6-25-10-5-9-11(14(9,17)12(21)22)15(10,13(23)24)19-20-18/h1-4,9-11H,5-6H2,(H,21,22)(H,23,24)/t9-,10-,11+,14-,15+/m1/s1. The van der Waals surface area contributed by atoms with E-state index in [1.54, 1.807) is 0 Å². The molecule has 2 saturated carbocycles. The third-order valence-electron chi connectivity index (χ3n) is 4.96. The second kappa shape index (κ2) is 5.68. The van der Waals surface area contributed by atoms with Gasteiger partial charge in [-0.3, -0.25) is 4.79 Å². The van der Waals surface area contributed by atoms with Crippen molar-refractivity contribution in [1.29, 1.82) is 0 Å². The summed E-state index contributed by atoms with van der Waals surface area (Å²) < 4.78 is 33.0. The molecule has 0 spiro atoms. The molecule has 0 amide bonds. The lowest BCUT2D eigenvalue weighted by Gasteiger charge is -2.31. The Balaban J connectivity index is 1.87. The number of carboxylic acids is 2. The maximum atomic E-state index is 14.5. The number of alkyl halides is 1. The monoisotopic (exact) mass is 353 g/mol. The van der Waals surface area contributed by atoms with Crippen LogP contribution in [0.25, 0.3) is 10.4 Å². The van der Waals surface area contributed by atoms with Gasteiger partial charge in [-0.25, -0.2) is 13.6 Å². The molecular formula is C15H13F2N3O5. The van der Waals surface area contributed by atoms with E-state index >= 15 is 0 Å². The number of azide groups is 1. The van der Waals surface area contributed by atoms with E-state index < -0.39 is 46.9 Å². The van der Waals surface area contributed by atoms with Gasteiger partial charge < -0.3 is 14.9 Å². The summed E-state index contributed by atoms with van der Waals surface area (Å²) in [6.07, 6.45) is -1.40. The molecule has 2 aliphatic carbocycles. The van der Waals surface area contributed by atoms with Crippen molar-refractivity contribution >= 4 is 11.9 Å². The van der Waals surface area contributed by atoms with Gasteiger partial charge in [-0.05, 0) is 29.6 Å². The molecule has 2 aliphatic rings. The number of rotatable bonds is 6. The summed E-state index contributed by atoms with van der Waals surface area (Å²) in [7, 11) is 0. The van der Waals surface area contributed by atoms with Crippen molar-refractivity contribution in [3.8, 4) is 0 Å². The van der Waals surface area contributed by atoms with Crippen molar-refractivity contribution < 1.29 is 33.3 Å². The zero-order valence-electron chi connectivity index (χ0n) is 12.7. The molecule has 2 fully saturated rings. The van der Waals surface area contributed by atoms with Crippen LogP contribution in [0, 0.1) is 17.7 Å². The summed E-state index contributed by atoms with van der Waals surface area (Å²) in [6.45, 7) is -0.118. The molecule has 132 valence electrons. The summed E-state index contributed by atoms with van der Waals surface area (Å²) in [6, 6.07) is 5.24. The van der Waals surface area contributed by atoms with Crippen LogP contribution < -0.4 is 0 Å². The van der Waals surface area contributed by atoms with Crippen molar-refractivity contribution in [3.63, 3.8) is 0 Å². The lowest BCUT2D eigenvalue weighted by molar-refractivity contribution is -0.156. The van der Waals surface area contributed by atoms with Gasteiger partial charge in [0, 0.05) is 16.7 Å². The Morgan fingerprint density at radius 2 is 1.96 bits per heavy atom. The van der Waals surface area contributed by atoms with E-state index in [1.165, 1.54) is 24.3 Å². The lowest BCUT2D eigenvalue weighted by Crippen LogP contribution is -2.52. The number of fused-ring (bicyclic) bond motifs is 1. The predicted molar refractivity (Wildman–Crippen MR) is 77.6 cm³/mol. The van der Waals surface area contributed by atoms with Crippen LogP contribution in [0.15, 0.2) is 29.4 Å². The molecule has 0 heterocycles. The SMILES string of the molecule is [N-]=[N+]=N[C@@]1(C(=O)O)[C@H](OCc2ccc(F)cc2)C[C@@H]2[C@H]1[C@@]2(F)C(=O)O. The van der Waals surface area contributed by atoms with Crippen LogP contribution in [0.2, 0.25) is 0 Å². The van der Waals surface area contributed by atoms with E-state index in [1.807, 2.05) is 0 Å². The van der Waals surface area contributed by atoms with Crippen LogP contribution in [-0.2, 0) is 20.9 Å². The van der Waals surface area contributed by atoms with Crippen LogP contribution in [0.3, 0.4) is 0 Å². The van der Waals surface area contributed by atoms with Gasteiger partial charge in [-0.15, -0.1) is 0 Å². The first-order valence-corrected chi connectivity index (χ1v) is 7.36. The molecule has 1 aromatic carbocycles. The highest BCUT2D eigenvalue weighted by Gasteiger charge is 2.86. The average Bonchev–Trinajstić information content (AvgIpc) is 3.00. The number of hydrogen-bond donors (Lipinski definition) is 2. The highest BCUT2D eigenvalue weighted by Crippen LogP contribution is 2.69. The molecule has 0 radical (unpaired) electrons. The van der Waals surface area contributed by atoms with Crippen molar-refractivity contribution in [2.24, 2.45) is 17.0 Å². The van der Waals surface area contributed by atoms with Crippen molar-refractivity contribution in [1.82, 2.24) is 0 Å².